The summed E-state index contributed by atoms with van der Waals surface area (Å²) in [6.07, 6.45) is 3.43. The van der Waals surface area contributed by atoms with Crippen LogP contribution in [0.25, 0.3) is 0 Å². The number of nitrogen functional groups attached to an aromatic ring is 1. The van der Waals surface area contributed by atoms with E-state index in [9.17, 15) is 4.79 Å². The minimum absolute atomic E-state index is 0.189. The molecule has 0 aliphatic carbocycles. The highest BCUT2D eigenvalue weighted by atomic mass is 16.4. The molecule has 0 aliphatic rings. The van der Waals surface area contributed by atoms with E-state index in [-0.39, 0.29) is 5.56 Å². The van der Waals surface area contributed by atoms with Gasteiger partial charge in [0.25, 0.3) is 0 Å². The van der Waals surface area contributed by atoms with Gasteiger partial charge in [-0.05, 0) is 18.2 Å². The van der Waals surface area contributed by atoms with Gasteiger partial charge in [-0.15, -0.1) is 13.2 Å². The summed E-state index contributed by atoms with van der Waals surface area (Å²) in [6, 6.07) is 4.84. The van der Waals surface area contributed by atoms with Gasteiger partial charge in [-0.1, -0.05) is 12.2 Å². The van der Waals surface area contributed by atoms with Crippen LogP contribution in [0, 0.1) is 0 Å². The van der Waals surface area contributed by atoms with Crippen molar-refractivity contribution in [2.24, 2.45) is 0 Å². The number of carboxylic acids is 1. The number of anilines is 2. The lowest BCUT2D eigenvalue weighted by Gasteiger charge is -2.23. The van der Waals surface area contributed by atoms with Crippen LogP contribution in [0.15, 0.2) is 43.5 Å². The second kappa shape index (κ2) is 5.75. The van der Waals surface area contributed by atoms with Crippen LogP contribution in [0.4, 0.5) is 11.4 Å². The number of hydrogen-bond donors (Lipinski definition) is 2. The Hall–Kier alpha value is -2.23. The van der Waals surface area contributed by atoms with E-state index in [0.717, 1.165) is 0 Å². The Balaban J connectivity index is 3.20. The van der Waals surface area contributed by atoms with E-state index in [1.807, 2.05) is 4.90 Å². The zero-order valence-electron chi connectivity index (χ0n) is 9.60. The van der Waals surface area contributed by atoms with Gasteiger partial charge in [-0.25, -0.2) is 4.79 Å². The van der Waals surface area contributed by atoms with Gasteiger partial charge in [-0.3, -0.25) is 0 Å². The highest BCUT2D eigenvalue weighted by molar-refractivity contribution is 5.95. The average molecular weight is 232 g/mol. The molecule has 90 valence electrons. The van der Waals surface area contributed by atoms with Crippen molar-refractivity contribution in [3.8, 4) is 0 Å². The molecular weight excluding hydrogens is 216 g/mol. The fraction of sp³-hybridized carbons (Fsp3) is 0.154. The molecule has 0 radical (unpaired) electrons. The smallest absolute Gasteiger partial charge is 0.337 e. The third-order valence-corrected chi connectivity index (χ3v) is 2.29. The fourth-order valence-electron chi connectivity index (χ4n) is 1.58. The molecule has 4 heteroatoms. The SMILES string of the molecule is C=CCN(CC=C)c1ccc(N)cc1C(=O)O. The maximum absolute atomic E-state index is 11.2. The number of nitrogens with zero attached hydrogens (tertiary/aromatic N) is 1. The van der Waals surface area contributed by atoms with Gasteiger partial charge >= 0.3 is 5.97 Å². The summed E-state index contributed by atoms with van der Waals surface area (Å²) in [4.78, 5) is 13.0. The second-order valence-corrected chi connectivity index (χ2v) is 3.56. The zero-order chi connectivity index (χ0) is 12.8. The molecule has 0 amide bonds. The molecule has 1 aromatic carbocycles. The van der Waals surface area contributed by atoms with Crippen molar-refractivity contribution in [1.82, 2.24) is 0 Å². The van der Waals surface area contributed by atoms with Crippen molar-refractivity contribution in [3.63, 3.8) is 0 Å². The minimum Gasteiger partial charge on any atom is -0.478 e. The van der Waals surface area contributed by atoms with Crippen molar-refractivity contribution in [2.75, 3.05) is 23.7 Å². The number of hydrogen-bond acceptors (Lipinski definition) is 3. The fourth-order valence-corrected chi connectivity index (χ4v) is 1.58. The topological polar surface area (TPSA) is 66.6 Å². The number of aromatic carboxylic acids is 1. The molecule has 0 spiro atoms. The number of rotatable bonds is 6. The molecule has 0 saturated carbocycles. The Morgan fingerprint density at radius 3 is 2.41 bits per heavy atom. The van der Waals surface area contributed by atoms with Crippen molar-refractivity contribution in [2.45, 2.75) is 0 Å². The van der Waals surface area contributed by atoms with Gasteiger partial charge < -0.3 is 15.7 Å². The lowest BCUT2D eigenvalue weighted by atomic mass is 10.1. The Labute approximate surface area is 101 Å². The van der Waals surface area contributed by atoms with Crippen molar-refractivity contribution < 1.29 is 9.90 Å². The molecule has 0 atom stereocenters. The van der Waals surface area contributed by atoms with E-state index < -0.39 is 5.97 Å². The van der Waals surface area contributed by atoms with E-state index in [1.54, 1.807) is 24.3 Å². The number of nitrogens with two attached hydrogens (primary N) is 1. The van der Waals surface area contributed by atoms with Gasteiger partial charge in [-0.2, -0.15) is 0 Å². The van der Waals surface area contributed by atoms with Gasteiger partial charge in [0.1, 0.15) is 0 Å². The summed E-state index contributed by atoms with van der Waals surface area (Å²) in [5.41, 5.74) is 6.83. The summed E-state index contributed by atoms with van der Waals surface area (Å²) in [5.74, 6) is -0.995. The van der Waals surface area contributed by atoms with Crippen molar-refractivity contribution >= 4 is 17.3 Å². The van der Waals surface area contributed by atoms with Crippen LogP contribution in [-0.2, 0) is 0 Å². The number of carboxylic acid groups (broad SMARTS) is 1. The molecule has 0 bridgehead atoms. The van der Waals surface area contributed by atoms with E-state index in [0.29, 0.717) is 24.5 Å². The Bertz CT molecular complexity index is 431. The molecule has 0 aromatic heterocycles. The van der Waals surface area contributed by atoms with Crippen molar-refractivity contribution in [3.05, 3.63) is 49.1 Å². The molecular formula is C13H16N2O2. The third-order valence-electron chi connectivity index (χ3n) is 2.29. The van der Waals surface area contributed by atoms with E-state index >= 15 is 0 Å². The highest BCUT2D eigenvalue weighted by Gasteiger charge is 2.14. The number of benzene rings is 1. The predicted molar refractivity (Wildman–Crippen MR) is 70.4 cm³/mol. The van der Waals surface area contributed by atoms with Crippen molar-refractivity contribution in [1.29, 1.82) is 0 Å². The Morgan fingerprint density at radius 1 is 1.35 bits per heavy atom. The molecule has 1 rings (SSSR count). The van der Waals surface area contributed by atoms with Crippen LogP contribution in [-0.4, -0.2) is 24.2 Å². The lowest BCUT2D eigenvalue weighted by Crippen LogP contribution is -2.25. The first-order valence-corrected chi connectivity index (χ1v) is 5.19. The predicted octanol–water partition coefficient (Wildman–Crippen LogP) is 2.15. The standard InChI is InChI=1S/C13H16N2O2/c1-3-7-15(8-4-2)12-6-5-10(14)9-11(12)13(16)17/h3-6,9H,1-2,7-8,14H2,(H,16,17). The molecule has 4 nitrogen and oxygen atoms in total. The van der Waals surface area contributed by atoms with Gasteiger partial charge in [0.05, 0.1) is 11.3 Å². The first-order chi connectivity index (χ1) is 8.10. The molecule has 0 fully saturated rings. The highest BCUT2D eigenvalue weighted by Crippen LogP contribution is 2.23. The number of carbonyl (C=O) groups is 1. The van der Waals surface area contributed by atoms with Gasteiger partial charge in [0.15, 0.2) is 0 Å². The molecule has 17 heavy (non-hydrogen) atoms. The molecule has 0 unspecified atom stereocenters. The summed E-state index contributed by atoms with van der Waals surface area (Å²) in [6.45, 7) is 8.41. The maximum Gasteiger partial charge on any atom is 0.337 e. The summed E-state index contributed by atoms with van der Waals surface area (Å²) >= 11 is 0. The quantitative estimate of drug-likeness (QED) is 0.582. The summed E-state index contributed by atoms with van der Waals surface area (Å²) in [5, 5.41) is 9.14. The zero-order valence-corrected chi connectivity index (χ0v) is 9.60. The normalized spacial score (nSPS) is 9.65. The molecule has 3 N–H and O–H groups in total. The van der Waals surface area contributed by atoms with Crippen LogP contribution in [0.5, 0.6) is 0 Å². The monoisotopic (exact) mass is 232 g/mol. The Morgan fingerprint density at radius 2 is 1.94 bits per heavy atom. The average Bonchev–Trinajstić information content (AvgIpc) is 2.28. The summed E-state index contributed by atoms with van der Waals surface area (Å²) < 4.78 is 0. The van der Waals surface area contributed by atoms with Crippen LogP contribution < -0.4 is 10.6 Å². The third kappa shape index (κ3) is 3.11. The van der Waals surface area contributed by atoms with E-state index in [1.165, 1.54) is 6.07 Å². The molecule has 0 aliphatic heterocycles. The van der Waals surface area contributed by atoms with E-state index in [4.69, 9.17) is 10.8 Å². The van der Waals surface area contributed by atoms with Crippen LogP contribution in [0.1, 0.15) is 10.4 Å². The van der Waals surface area contributed by atoms with Gasteiger partial charge in [0.2, 0.25) is 0 Å². The van der Waals surface area contributed by atoms with Crippen LogP contribution in [0.2, 0.25) is 0 Å². The minimum atomic E-state index is -0.995. The maximum atomic E-state index is 11.2. The van der Waals surface area contributed by atoms with Gasteiger partial charge in [0, 0.05) is 18.8 Å². The first-order valence-electron chi connectivity index (χ1n) is 5.19. The molecule has 0 saturated heterocycles. The Kier molecular flexibility index (Phi) is 4.34. The summed E-state index contributed by atoms with van der Waals surface area (Å²) in [7, 11) is 0. The molecule has 1 aromatic rings. The second-order valence-electron chi connectivity index (χ2n) is 3.56. The van der Waals surface area contributed by atoms with Crippen LogP contribution >= 0.6 is 0 Å². The largest absolute Gasteiger partial charge is 0.478 e. The lowest BCUT2D eigenvalue weighted by molar-refractivity contribution is 0.0697. The molecule has 0 heterocycles. The first kappa shape index (κ1) is 12.8. The van der Waals surface area contributed by atoms with E-state index in [2.05, 4.69) is 13.2 Å². The van der Waals surface area contributed by atoms with Crippen LogP contribution in [0.3, 0.4) is 0 Å².